The zero-order valence-corrected chi connectivity index (χ0v) is 16.6. The highest BCUT2D eigenvalue weighted by atomic mass is 16.3. The van der Waals surface area contributed by atoms with Crippen LogP contribution in [0.1, 0.15) is 47.5 Å². The smallest absolute Gasteiger partial charge is 0.254 e. The third-order valence-corrected chi connectivity index (χ3v) is 6.27. The molecule has 3 aliphatic rings. The van der Waals surface area contributed by atoms with Crippen molar-refractivity contribution < 1.29 is 23.6 Å². The van der Waals surface area contributed by atoms with E-state index in [1.807, 2.05) is 4.90 Å². The Kier molecular flexibility index (Phi) is 4.56. The second-order valence-electron chi connectivity index (χ2n) is 8.30. The topological polar surface area (TPSA) is 99.9 Å². The van der Waals surface area contributed by atoms with Gasteiger partial charge in [-0.25, -0.2) is 0 Å². The van der Waals surface area contributed by atoms with E-state index in [1.54, 1.807) is 29.4 Å². The maximum atomic E-state index is 13.1. The zero-order valence-electron chi connectivity index (χ0n) is 16.6. The molecule has 1 unspecified atom stereocenters. The van der Waals surface area contributed by atoms with Gasteiger partial charge in [0.05, 0.1) is 12.2 Å². The highest BCUT2D eigenvalue weighted by Crippen LogP contribution is 2.34. The Balaban J connectivity index is 1.33. The molecule has 3 fully saturated rings. The van der Waals surface area contributed by atoms with Gasteiger partial charge in [-0.1, -0.05) is 0 Å². The number of hydrogen-bond donors (Lipinski definition) is 1. The molecule has 30 heavy (non-hydrogen) atoms. The minimum atomic E-state index is -0.466. The third kappa shape index (κ3) is 3.36. The van der Waals surface area contributed by atoms with Crippen molar-refractivity contribution in [1.82, 2.24) is 15.1 Å². The second kappa shape index (κ2) is 7.27. The van der Waals surface area contributed by atoms with Crippen molar-refractivity contribution in [3.8, 4) is 0 Å². The number of rotatable bonds is 3. The Morgan fingerprint density at radius 2 is 1.73 bits per heavy atom. The lowest BCUT2D eigenvalue weighted by Gasteiger charge is -2.35. The summed E-state index contributed by atoms with van der Waals surface area (Å²) >= 11 is 0. The minimum absolute atomic E-state index is 0.0918. The summed E-state index contributed by atoms with van der Waals surface area (Å²) in [5.41, 5.74) is 1.83. The van der Waals surface area contributed by atoms with Crippen LogP contribution in [-0.4, -0.2) is 59.6 Å². The van der Waals surface area contributed by atoms with Crippen LogP contribution < -0.4 is 5.32 Å². The van der Waals surface area contributed by atoms with Crippen LogP contribution >= 0.6 is 0 Å². The summed E-state index contributed by atoms with van der Waals surface area (Å²) < 4.78 is 5.59. The van der Waals surface area contributed by atoms with E-state index in [2.05, 4.69) is 5.32 Å². The number of nitrogens with one attached hydrogen (secondary N) is 1. The van der Waals surface area contributed by atoms with E-state index in [0.717, 1.165) is 18.2 Å². The summed E-state index contributed by atoms with van der Waals surface area (Å²) in [6.07, 6.45) is 4.22. The Morgan fingerprint density at radius 1 is 1.00 bits per heavy atom. The highest BCUT2D eigenvalue weighted by Gasteiger charge is 2.35. The maximum absolute atomic E-state index is 13.1. The summed E-state index contributed by atoms with van der Waals surface area (Å²) in [5, 5.41) is 3.09. The quantitative estimate of drug-likeness (QED) is 0.777. The first-order valence-corrected chi connectivity index (χ1v) is 10.4. The molecule has 0 spiro atoms. The fourth-order valence-corrected chi connectivity index (χ4v) is 4.34. The van der Waals surface area contributed by atoms with Crippen molar-refractivity contribution in [3.63, 3.8) is 0 Å². The lowest BCUT2D eigenvalue weighted by atomic mass is 9.90. The van der Waals surface area contributed by atoms with Gasteiger partial charge in [-0.15, -0.1) is 0 Å². The molecule has 1 aromatic heterocycles. The van der Waals surface area contributed by atoms with E-state index in [4.69, 9.17) is 4.42 Å². The summed E-state index contributed by atoms with van der Waals surface area (Å²) in [6.45, 7) is 2.16. The molecule has 1 aromatic carbocycles. The number of nitrogens with zero attached hydrogens (tertiary/aromatic N) is 2. The van der Waals surface area contributed by atoms with Crippen LogP contribution in [0.3, 0.4) is 0 Å². The van der Waals surface area contributed by atoms with E-state index in [-0.39, 0.29) is 36.0 Å². The number of furan rings is 1. The van der Waals surface area contributed by atoms with Gasteiger partial charge in [0, 0.05) is 55.0 Å². The van der Waals surface area contributed by atoms with Gasteiger partial charge in [0.25, 0.3) is 5.91 Å². The van der Waals surface area contributed by atoms with Gasteiger partial charge >= 0.3 is 0 Å². The van der Waals surface area contributed by atoms with Crippen molar-refractivity contribution in [1.29, 1.82) is 0 Å². The number of benzene rings is 1. The van der Waals surface area contributed by atoms with E-state index in [0.29, 0.717) is 49.3 Å². The summed E-state index contributed by atoms with van der Waals surface area (Å²) in [6, 6.07) is 5.23. The number of imide groups is 1. The molecule has 0 bridgehead atoms. The van der Waals surface area contributed by atoms with E-state index >= 15 is 0 Å². The molecule has 4 amide bonds. The van der Waals surface area contributed by atoms with Gasteiger partial charge in [0.1, 0.15) is 5.58 Å². The number of carbonyl (C=O) groups is 4. The Bertz CT molecular complexity index is 1050. The molecule has 5 rings (SSSR count). The van der Waals surface area contributed by atoms with Gasteiger partial charge in [0.2, 0.25) is 17.7 Å². The van der Waals surface area contributed by atoms with Crippen LogP contribution in [0.15, 0.2) is 28.9 Å². The van der Waals surface area contributed by atoms with Gasteiger partial charge in [-0.2, -0.15) is 0 Å². The van der Waals surface area contributed by atoms with Gasteiger partial charge in [-0.3, -0.25) is 24.5 Å². The van der Waals surface area contributed by atoms with Crippen molar-refractivity contribution in [2.45, 2.75) is 31.6 Å². The molecule has 8 nitrogen and oxygen atoms in total. The van der Waals surface area contributed by atoms with Crippen LogP contribution in [0, 0.1) is 5.92 Å². The van der Waals surface area contributed by atoms with Crippen molar-refractivity contribution in [3.05, 3.63) is 35.6 Å². The van der Waals surface area contributed by atoms with E-state index < -0.39 is 5.92 Å². The van der Waals surface area contributed by atoms with Crippen LogP contribution in [0.5, 0.6) is 0 Å². The molecule has 0 radical (unpaired) electrons. The minimum Gasteiger partial charge on any atom is -0.464 e. The van der Waals surface area contributed by atoms with Gasteiger partial charge in [-0.05, 0) is 37.5 Å². The Hall–Kier alpha value is -3.16. The predicted octanol–water partition coefficient (Wildman–Crippen LogP) is 1.65. The molecule has 1 aliphatic carbocycles. The van der Waals surface area contributed by atoms with E-state index in [9.17, 15) is 19.2 Å². The SMILES string of the molecule is O=C1CCC(c2coc3ccc(C(=O)N4CCN(C(=O)C5CC5)CC4)cc23)C(=O)N1. The maximum Gasteiger partial charge on any atom is 0.254 e. The molecule has 1 saturated carbocycles. The first kappa shape index (κ1) is 18.8. The van der Waals surface area contributed by atoms with Gasteiger partial charge < -0.3 is 14.2 Å². The first-order valence-electron chi connectivity index (χ1n) is 10.4. The Morgan fingerprint density at radius 3 is 2.43 bits per heavy atom. The molecule has 2 saturated heterocycles. The largest absolute Gasteiger partial charge is 0.464 e. The number of amides is 4. The molecular formula is C22H23N3O5. The van der Waals surface area contributed by atoms with Crippen LogP contribution in [0.25, 0.3) is 11.0 Å². The molecule has 2 aromatic rings. The number of carbonyl (C=O) groups excluding carboxylic acids is 4. The number of piperazine rings is 1. The number of hydrogen-bond acceptors (Lipinski definition) is 5. The molecule has 8 heteroatoms. The lowest BCUT2D eigenvalue weighted by molar-refractivity contribution is -0.135. The van der Waals surface area contributed by atoms with Crippen molar-refractivity contribution in [2.75, 3.05) is 26.2 Å². The average Bonchev–Trinajstić information content (AvgIpc) is 3.53. The first-order chi connectivity index (χ1) is 14.5. The molecule has 1 atom stereocenters. The lowest BCUT2D eigenvalue weighted by Crippen LogP contribution is -2.51. The molecule has 3 heterocycles. The number of fused-ring (bicyclic) bond motifs is 1. The Labute approximate surface area is 173 Å². The normalized spacial score (nSPS) is 22.3. The second-order valence-corrected chi connectivity index (χ2v) is 8.30. The van der Waals surface area contributed by atoms with Crippen LogP contribution in [0.4, 0.5) is 0 Å². The van der Waals surface area contributed by atoms with E-state index in [1.165, 1.54) is 0 Å². The zero-order chi connectivity index (χ0) is 20.8. The summed E-state index contributed by atoms with van der Waals surface area (Å²) in [5.74, 6) is -0.740. The van der Waals surface area contributed by atoms with Crippen LogP contribution in [0.2, 0.25) is 0 Å². The van der Waals surface area contributed by atoms with Crippen LogP contribution in [-0.2, 0) is 14.4 Å². The monoisotopic (exact) mass is 409 g/mol. The third-order valence-electron chi connectivity index (χ3n) is 6.27. The fourth-order valence-electron chi connectivity index (χ4n) is 4.34. The summed E-state index contributed by atoms with van der Waals surface area (Å²) in [7, 11) is 0. The number of piperidine rings is 1. The summed E-state index contributed by atoms with van der Waals surface area (Å²) in [4.78, 5) is 52.6. The average molecular weight is 409 g/mol. The van der Waals surface area contributed by atoms with Crippen molar-refractivity contribution in [2.24, 2.45) is 5.92 Å². The standard InChI is InChI=1S/C22H23N3O5/c26-19-6-4-15(20(27)23-19)17-12-30-18-5-3-14(11-16(17)18)22(29)25-9-7-24(8-10-25)21(28)13-1-2-13/h3,5,11-13,15H,1-2,4,6-10H2,(H,23,26,27). The molecule has 156 valence electrons. The van der Waals surface area contributed by atoms with Crippen molar-refractivity contribution >= 4 is 34.6 Å². The molecule has 1 N–H and O–H groups in total. The predicted molar refractivity (Wildman–Crippen MR) is 107 cm³/mol. The van der Waals surface area contributed by atoms with Gasteiger partial charge in [0.15, 0.2) is 0 Å². The molecular weight excluding hydrogens is 386 g/mol. The molecule has 2 aliphatic heterocycles. The fraction of sp³-hybridized carbons (Fsp3) is 0.455. The highest BCUT2D eigenvalue weighted by molar-refractivity contribution is 6.04.